The fraction of sp³-hybridized carbons (Fsp3) is 0.200. The minimum absolute atomic E-state index is 0.0362. The second kappa shape index (κ2) is 7.75. The van der Waals surface area contributed by atoms with Gasteiger partial charge < -0.3 is 9.47 Å². The molecule has 0 spiro atoms. The van der Waals surface area contributed by atoms with Crippen molar-refractivity contribution in [2.45, 2.75) is 25.4 Å². The molecule has 0 radical (unpaired) electrons. The van der Waals surface area contributed by atoms with Gasteiger partial charge in [0.1, 0.15) is 11.6 Å². The molecule has 1 fully saturated rings. The fourth-order valence-electron chi connectivity index (χ4n) is 4.25. The van der Waals surface area contributed by atoms with Crippen LogP contribution in [0.3, 0.4) is 0 Å². The van der Waals surface area contributed by atoms with Crippen molar-refractivity contribution < 1.29 is 9.18 Å². The number of halogens is 1. The van der Waals surface area contributed by atoms with Crippen LogP contribution >= 0.6 is 0 Å². The summed E-state index contributed by atoms with van der Waals surface area (Å²) in [6.45, 7) is 1.84. The molecule has 3 aromatic carbocycles. The van der Waals surface area contributed by atoms with E-state index < -0.39 is 0 Å². The minimum atomic E-state index is -0.265. The third-order valence-electron chi connectivity index (χ3n) is 5.73. The van der Waals surface area contributed by atoms with E-state index in [2.05, 4.69) is 22.8 Å². The number of benzene rings is 3. The number of amides is 1. The summed E-state index contributed by atoms with van der Waals surface area (Å²) in [5.74, 6) is 0.839. The van der Waals surface area contributed by atoms with Crippen LogP contribution in [0.1, 0.15) is 29.3 Å². The second-order valence-electron chi connectivity index (χ2n) is 7.83. The Kier molecular flexibility index (Phi) is 4.79. The Bertz CT molecular complexity index is 1180. The monoisotopic (exact) mass is 399 g/mol. The molecule has 1 aromatic heterocycles. The van der Waals surface area contributed by atoms with Crippen molar-refractivity contribution in [3.05, 3.63) is 102 Å². The van der Waals surface area contributed by atoms with E-state index in [1.54, 1.807) is 12.1 Å². The smallest absolute Gasteiger partial charge is 0.223 e. The van der Waals surface area contributed by atoms with E-state index in [0.717, 1.165) is 29.0 Å². The summed E-state index contributed by atoms with van der Waals surface area (Å²) < 4.78 is 15.4. The van der Waals surface area contributed by atoms with Crippen LogP contribution in [-0.4, -0.2) is 26.9 Å². The van der Waals surface area contributed by atoms with Gasteiger partial charge in [-0.15, -0.1) is 0 Å². The maximum absolute atomic E-state index is 13.2. The quantitative estimate of drug-likeness (QED) is 0.486. The molecule has 2 heterocycles. The van der Waals surface area contributed by atoms with Gasteiger partial charge >= 0.3 is 0 Å². The summed E-state index contributed by atoms with van der Waals surface area (Å²) in [5.41, 5.74) is 4.17. The van der Waals surface area contributed by atoms with Gasteiger partial charge in [0.25, 0.3) is 0 Å². The number of hydrogen-bond donors (Lipinski definition) is 0. The molecule has 0 aliphatic carbocycles. The van der Waals surface area contributed by atoms with Crippen molar-refractivity contribution in [2.24, 2.45) is 0 Å². The number of imidazole rings is 1. The number of carbonyl (C=O) groups excluding carboxylic acids is 1. The maximum atomic E-state index is 13.2. The molecule has 150 valence electrons. The van der Waals surface area contributed by atoms with Crippen molar-refractivity contribution in [1.82, 2.24) is 14.5 Å². The highest BCUT2D eigenvalue weighted by Gasteiger charge is 2.34. The number of nitrogens with zero attached hydrogens (tertiary/aromatic N) is 3. The first-order valence-corrected chi connectivity index (χ1v) is 10.2. The molecule has 5 heteroatoms. The van der Waals surface area contributed by atoms with E-state index in [0.29, 0.717) is 19.5 Å². The predicted octanol–water partition coefficient (Wildman–Crippen LogP) is 4.74. The van der Waals surface area contributed by atoms with Crippen molar-refractivity contribution >= 4 is 16.9 Å². The number of rotatable bonds is 5. The van der Waals surface area contributed by atoms with Gasteiger partial charge in [-0.3, -0.25) is 4.79 Å². The third-order valence-corrected chi connectivity index (χ3v) is 5.73. The van der Waals surface area contributed by atoms with Gasteiger partial charge in [0.05, 0.1) is 11.0 Å². The second-order valence-corrected chi connectivity index (χ2v) is 7.83. The number of likely N-dealkylation sites (tertiary alicyclic amines) is 1. The van der Waals surface area contributed by atoms with E-state index in [1.165, 1.54) is 17.7 Å². The highest BCUT2D eigenvalue weighted by atomic mass is 19.1. The van der Waals surface area contributed by atoms with Crippen LogP contribution in [0, 0.1) is 5.82 Å². The van der Waals surface area contributed by atoms with Crippen molar-refractivity contribution in [1.29, 1.82) is 0 Å². The van der Waals surface area contributed by atoms with Crippen LogP contribution in [0.25, 0.3) is 11.0 Å². The summed E-state index contributed by atoms with van der Waals surface area (Å²) in [6, 6.07) is 24.8. The Morgan fingerprint density at radius 3 is 2.37 bits per heavy atom. The van der Waals surface area contributed by atoms with Gasteiger partial charge in [-0.2, -0.15) is 0 Å². The predicted molar refractivity (Wildman–Crippen MR) is 114 cm³/mol. The summed E-state index contributed by atoms with van der Waals surface area (Å²) >= 11 is 0. The zero-order valence-corrected chi connectivity index (χ0v) is 16.5. The lowest BCUT2D eigenvalue weighted by atomic mass is 10.1. The highest BCUT2D eigenvalue weighted by molar-refractivity contribution is 5.81. The average molecular weight is 399 g/mol. The lowest BCUT2D eigenvalue weighted by molar-refractivity contribution is -0.128. The first-order valence-electron chi connectivity index (χ1n) is 10.2. The van der Waals surface area contributed by atoms with Crippen LogP contribution in [0.5, 0.6) is 0 Å². The van der Waals surface area contributed by atoms with Crippen molar-refractivity contribution in [2.75, 3.05) is 6.54 Å². The first-order chi connectivity index (χ1) is 14.7. The molecule has 1 amide bonds. The Balaban J connectivity index is 1.45. The molecule has 0 bridgehead atoms. The molecule has 1 saturated heterocycles. The molecule has 1 atom stereocenters. The van der Waals surface area contributed by atoms with E-state index in [1.807, 2.05) is 41.3 Å². The molecule has 0 saturated carbocycles. The Labute approximate surface area is 174 Å². The van der Waals surface area contributed by atoms with Gasteiger partial charge in [0, 0.05) is 32.0 Å². The number of aromatic nitrogens is 2. The molecule has 5 rings (SSSR count). The molecular weight excluding hydrogens is 377 g/mol. The zero-order chi connectivity index (χ0) is 20.5. The van der Waals surface area contributed by atoms with Crippen LogP contribution in [0.4, 0.5) is 4.39 Å². The molecule has 0 N–H and O–H groups in total. The van der Waals surface area contributed by atoms with E-state index in [4.69, 9.17) is 4.98 Å². The van der Waals surface area contributed by atoms with Crippen LogP contribution in [0.15, 0.2) is 78.9 Å². The zero-order valence-electron chi connectivity index (χ0n) is 16.5. The number of hydrogen-bond acceptors (Lipinski definition) is 2. The van der Waals surface area contributed by atoms with Gasteiger partial charge in [0.15, 0.2) is 0 Å². The Morgan fingerprint density at radius 1 is 0.867 bits per heavy atom. The minimum Gasteiger partial charge on any atom is -0.338 e. The van der Waals surface area contributed by atoms with Crippen LogP contribution < -0.4 is 0 Å². The van der Waals surface area contributed by atoms with E-state index >= 15 is 0 Å². The van der Waals surface area contributed by atoms with Crippen molar-refractivity contribution in [3.8, 4) is 0 Å². The molecule has 4 aromatic rings. The Hall–Kier alpha value is -3.47. The Morgan fingerprint density at radius 2 is 1.57 bits per heavy atom. The molecule has 1 unspecified atom stereocenters. The van der Waals surface area contributed by atoms with E-state index in [9.17, 15) is 9.18 Å². The summed E-state index contributed by atoms with van der Waals surface area (Å²) in [5, 5.41) is 0. The SMILES string of the molecule is O=C1CC(c2nc3ccccc3n2Cc2ccccc2)CN1Cc1ccc(F)cc1. The van der Waals surface area contributed by atoms with Gasteiger partial charge in [-0.1, -0.05) is 54.6 Å². The standard InChI is InChI=1S/C25H22FN3O/c26-21-12-10-19(11-13-21)15-28-17-20(14-24(28)30)25-27-22-8-4-5-9-23(22)29(25)16-18-6-2-1-3-7-18/h1-13,20H,14-17H2. The number of carbonyl (C=O) groups is 1. The molecule has 1 aliphatic heterocycles. The molecule has 4 nitrogen and oxygen atoms in total. The fourth-order valence-corrected chi connectivity index (χ4v) is 4.25. The average Bonchev–Trinajstić information content (AvgIpc) is 3.31. The molecule has 1 aliphatic rings. The molecular formula is C25H22FN3O. The van der Waals surface area contributed by atoms with Gasteiger partial charge in [0.2, 0.25) is 5.91 Å². The van der Waals surface area contributed by atoms with E-state index in [-0.39, 0.29) is 17.6 Å². The number of fused-ring (bicyclic) bond motifs is 1. The van der Waals surface area contributed by atoms with Gasteiger partial charge in [-0.05, 0) is 35.4 Å². The topological polar surface area (TPSA) is 38.1 Å². The lowest BCUT2D eigenvalue weighted by Gasteiger charge is -2.17. The highest BCUT2D eigenvalue weighted by Crippen LogP contribution is 2.31. The summed E-state index contributed by atoms with van der Waals surface area (Å²) in [4.78, 5) is 19.5. The number of para-hydroxylation sites is 2. The normalized spacial score (nSPS) is 16.5. The third kappa shape index (κ3) is 3.59. The largest absolute Gasteiger partial charge is 0.338 e. The van der Waals surface area contributed by atoms with Crippen molar-refractivity contribution in [3.63, 3.8) is 0 Å². The summed E-state index contributed by atoms with van der Waals surface area (Å²) in [7, 11) is 0. The molecule has 30 heavy (non-hydrogen) atoms. The lowest BCUT2D eigenvalue weighted by Crippen LogP contribution is -2.24. The van der Waals surface area contributed by atoms with Crippen LogP contribution in [-0.2, 0) is 17.9 Å². The van der Waals surface area contributed by atoms with Crippen LogP contribution in [0.2, 0.25) is 0 Å². The summed E-state index contributed by atoms with van der Waals surface area (Å²) in [6.07, 6.45) is 0.444. The maximum Gasteiger partial charge on any atom is 0.223 e. The van der Waals surface area contributed by atoms with Gasteiger partial charge in [-0.25, -0.2) is 9.37 Å². The first kappa shape index (κ1) is 18.6.